The molecule has 1 unspecified atom stereocenters. The predicted octanol–water partition coefficient (Wildman–Crippen LogP) is -0.538. The summed E-state index contributed by atoms with van der Waals surface area (Å²) in [6.45, 7) is 0.0503. The number of nitrogens with two attached hydrogens (primary N) is 1. The van der Waals surface area contributed by atoms with Crippen LogP contribution >= 0.6 is 0 Å². The van der Waals surface area contributed by atoms with E-state index in [0.717, 1.165) is 5.56 Å². The first kappa shape index (κ1) is 9.81. The summed E-state index contributed by atoms with van der Waals surface area (Å²) in [5, 5.41) is 17.0. The molecule has 0 aromatic carbocycles. The molecule has 0 aliphatic heterocycles. The van der Waals surface area contributed by atoms with Crippen LogP contribution in [0.5, 0.6) is 0 Å². The summed E-state index contributed by atoms with van der Waals surface area (Å²) in [6.07, 6.45) is 2.45. The Hall–Kier alpha value is -1.73. The van der Waals surface area contributed by atoms with E-state index in [-0.39, 0.29) is 12.4 Å². The average molecular weight is 209 g/mol. The highest BCUT2D eigenvalue weighted by Crippen LogP contribution is 2.16. The minimum Gasteiger partial charge on any atom is -0.382 e. The van der Waals surface area contributed by atoms with Gasteiger partial charge in [-0.1, -0.05) is 5.16 Å². The Balaban J connectivity index is 2.27. The Kier molecular flexibility index (Phi) is 2.48. The quantitative estimate of drug-likeness (QED) is 0.703. The topological polar surface area (TPSA) is 103 Å². The molecule has 0 bridgehead atoms. The molecular formula is C8H11N5O2. The lowest BCUT2D eigenvalue weighted by atomic mass is 10.3. The fourth-order valence-electron chi connectivity index (χ4n) is 1.13. The van der Waals surface area contributed by atoms with Crippen molar-refractivity contribution in [2.24, 2.45) is 12.8 Å². The van der Waals surface area contributed by atoms with Crippen molar-refractivity contribution < 1.29 is 9.63 Å². The van der Waals surface area contributed by atoms with Crippen LogP contribution in [0.2, 0.25) is 0 Å². The standard InChI is InChI=1S/C8H11N5O2/c1-13-4-5(3-10-13)7-11-8(15-12-7)6(14)2-9/h3-4,6,14H,2,9H2,1H3. The molecule has 0 fully saturated rings. The molecule has 2 aromatic rings. The van der Waals surface area contributed by atoms with Crippen LogP contribution in [-0.4, -0.2) is 31.6 Å². The molecule has 0 radical (unpaired) electrons. The van der Waals surface area contributed by atoms with E-state index in [1.807, 2.05) is 0 Å². The first-order valence-corrected chi connectivity index (χ1v) is 4.41. The van der Waals surface area contributed by atoms with Crippen LogP contribution in [0.3, 0.4) is 0 Å². The van der Waals surface area contributed by atoms with Gasteiger partial charge in [-0.3, -0.25) is 4.68 Å². The fourth-order valence-corrected chi connectivity index (χ4v) is 1.13. The molecule has 0 saturated heterocycles. The number of rotatable bonds is 3. The lowest BCUT2D eigenvalue weighted by molar-refractivity contribution is 0.141. The van der Waals surface area contributed by atoms with Crippen LogP contribution in [-0.2, 0) is 7.05 Å². The van der Waals surface area contributed by atoms with Crippen LogP contribution in [0.15, 0.2) is 16.9 Å². The molecule has 0 aliphatic rings. The molecule has 0 amide bonds. The van der Waals surface area contributed by atoms with Gasteiger partial charge >= 0.3 is 0 Å². The Labute approximate surface area is 85.5 Å². The zero-order valence-corrected chi connectivity index (χ0v) is 8.16. The molecule has 7 nitrogen and oxygen atoms in total. The molecule has 0 saturated carbocycles. The molecule has 1 atom stereocenters. The number of nitrogens with zero attached hydrogens (tertiary/aromatic N) is 4. The van der Waals surface area contributed by atoms with E-state index >= 15 is 0 Å². The van der Waals surface area contributed by atoms with Gasteiger partial charge in [0.2, 0.25) is 5.82 Å². The fraction of sp³-hybridized carbons (Fsp3) is 0.375. The summed E-state index contributed by atoms with van der Waals surface area (Å²) in [5.74, 6) is 0.516. The number of aromatic nitrogens is 4. The van der Waals surface area contributed by atoms with Gasteiger partial charge < -0.3 is 15.4 Å². The van der Waals surface area contributed by atoms with Gasteiger partial charge in [-0.15, -0.1) is 0 Å². The van der Waals surface area contributed by atoms with E-state index in [1.165, 1.54) is 0 Å². The van der Waals surface area contributed by atoms with E-state index in [1.54, 1.807) is 24.1 Å². The Morgan fingerprint density at radius 2 is 2.47 bits per heavy atom. The number of aliphatic hydroxyl groups is 1. The van der Waals surface area contributed by atoms with Gasteiger partial charge in [0, 0.05) is 19.8 Å². The van der Waals surface area contributed by atoms with Gasteiger partial charge in [0.15, 0.2) is 0 Å². The minimum atomic E-state index is -0.914. The second-order valence-electron chi connectivity index (χ2n) is 3.11. The van der Waals surface area contributed by atoms with Gasteiger partial charge in [0.1, 0.15) is 6.10 Å². The molecule has 0 aliphatic carbocycles. The first-order valence-electron chi connectivity index (χ1n) is 4.41. The molecule has 0 spiro atoms. The smallest absolute Gasteiger partial charge is 0.257 e. The predicted molar refractivity (Wildman–Crippen MR) is 50.5 cm³/mol. The summed E-state index contributed by atoms with van der Waals surface area (Å²) in [7, 11) is 1.79. The van der Waals surface area contributed by atoms with Crippen molar-refractivity contribution in [3.63, 3.8) is 0 Å². The van der Waals surface area contributed by atoms with Crippen molar-refractivity contribution in [1.29, 1.82) is 0 Å². The third-order valence-corrected chi connectivity index (χ3v) is 1.91. The SMILES string of the molecule is Cn1cc(-c2noc(C(O)CN)n2)cn1. The van der Waals surface area contributed by atoms with E-state index in [9.17, 15) is 5.11 Å². The lowest BCUT2D eigenvalue weighted by Crippen LogP contribution is -2.11. The Bertz CT molecular complexity index is 449. The second kappa shape index (κ2) is 3.79. The summed E-state index contributed by atoms with van der Waals surface area (Å²) in [6, 6.07) is 0. The van der Waals surface area contributed by atoms with Crippen molar-refractivity contribution >= 4 is 0 Å². The number of aryl methyl sites for hydroxylation is 1. The second-order valence-corrected chi connectivity index (χ2v) is 3.11. The molecule has 80 valence electrons. The first-order chi connectivity index (χ1) is 7.20. The summed E-state index contributed by atoms with van der Waals surface area (Å²) < 4.78 is 6.48. The third-order valence-electron chi connectivity index (χ3n) is 1.91. The monoisotopic (exact) mass is 209 g/mol. The van der Waals surface area contributed by atoms with Crippen molar-refractivity contribution in [1.82, 2.24) is 19.9 Å². The molecule has 15 heavy (non-hydrogen) atoms. The third kappa shape index (κ3) is 1.88. The van der Waals surface area contributed by atoms with E-state index in [4.69, 9.17) is 10.3 Å². The highest BCUT2D eigenvalue weighted by atomic mass is 16.5. The highest BCUT2D eigenvalue weighted by molar-refractivity contribution is 5.50. The zero-order valence-electron chi connectivity index (χ0n) is 8.16. The van der Waals surface area contributed by atoms with Crippen molar-refractivity contribution in [3.8, 4) is 11.4 Å². The van der Waals surface area contributed by atoms with E-state index < -0.39 is 6.10 Å². The minimum absolute atomic E-state index is 0.0503. The molecule has 2 rings (SSSR count). The zero-order chi connectivity index (χ0) is 10.8. The van der Waals surface area contributed by atoms with Crippen LogP contribution in [0.25, 0.3) is 11.4 Å². The maximum atomic E-state index is 9.35. The molecule has 3 N–H and O–H groups in total. The molecule has 2 aromatic heterocycles. The average Bonchev–Trinajstić information content (AvgIpc) is 2.84. The van der Waals surface area contributed by atoms with Gasteiger partial charge in [-0.05, 0) is 0 Å². The summed E-state index contributed by atoms with van der Waals surface area (Å²) >= 11 is 0. The van der Waals surface area contributed by atoms with Gasteiger partial charge in [-0.25, -0.2) is 0 Å². The number of aliphatic hydroxyl groups excluding tert-OH is 1. The number of hydrogen-bond acceptors (Lipinski definition) is 6. The van der Waals surface area contributed by atoms with Crippen molar-refractivity contribution in [3.05, 3.63) is 18.3 Å². The Morgan fingerprint density at radius 3 is 3.07 bits per heavy atom. The molecule has 7 heteroatoms. The summed E-state index contributed by atoms with van der Waals surface area (Å²) in [5.41, 5.74) is 5.99. The van der Waals surface area contributed by atoms with E-state index in [0.29, 0.717) is 5.82 Å². The van der Waals surface area contributed by atoms with Crippen LogP contribution in [0.1, 0.15) is 12.0 Å². The van der Waals surface area contributed by atoms with Gasteiger partial charge in [-0.2, -0.15) is 10.1 Å². The molecule has 2 heterocycles. The van der Waals surface area contributed by atoms with Gasteiger partial charge in [0.25, 0.3) is 5.89 Å². The van der Waals surface area contributed by atoms with Gasteiger partial charge in [0.05, 0.1) is 11.8 Å². The molecular weight excluding hydrogens is 198 g/mol. The maximum absolute atomic E-state index is 9.35. The van der Waals surface area contributed by atoms with Crippen molar-refractivity contribution in [2.45, 2.75) is 6.10 Å². The van der Waals surface area contributed by atoms with Crippen molar-refractivity contribution in [2.75, 3.05) is 6.54 Å². The van der Waals surface area contributed by atoms with Crippen LogP contribution in [0, 0.1) is 0 Å². The largest absolute Gasteiger partial charge is 0.382 e. The Morgan fingerprint density at radius 1 is 1.67 bits per heavy atom. The van der Waals surface area contributed by atoms with Crippen LogP contribution < -0.4 is 5.73 Å². The number of hydrogen-bond donors (Lipinski definition) is 2. The lowest BCUT2D eigenvalue weighted by Gasteiger charge is -1.97. The highest BCUT2D eigenvalue weighted by Gasteiger charge is 2.15. The van der Waals surface area contributed by atoms with Crippen LogP contribution in [0.4, 0.5) is 0 Å². The maximum Gasteiger partial charge on any atom is 0.257 e. The normalized spacial score (nSPS) is 13.0. The van der Waals surface area contributed by atoms with E-state index in [2.05, 4.69) is 15.2 Å². The summed E-state index contributed by atoms with van der Waals surface area (Å²) in [4.78, 5) is 4.00.